The van der Waals surface area contributed by atoms with Crippen molar-refractivity contribution in [2.45, 2.75) is 25.2 Å². The molecule has 29 heavy (non-hydrogen) atoms. The Bertz CT molecular complexity index is 1160. The Morgan fingerprint density at radius 3 is 2.97 bits per heavy atom. The van der Waals surface area contributed by atoms with Crippen LogP contribution in [0.15, 0.2) is 30.6 Å². The highest BCUT2D eigenvalue weighted by Gasteiger charge is 2.39. The van der Waals surface area contributed by atoms with Gasteiger partial charge in [-0.15, -0.1) is 5.10 Å². The lowest BCUT2D eigenvalue weighted by Crippen LogP contribution is -2.28. The van der Waals surface area contributed by atoms with Crippen LogP contribution >= 0.6 is 0 Å². The van der Waals surface area contributed by atoms with Gasteiger partial charge in [0.25, 0.3) is 5.91 Å². The highest BCUT2D eigenvalue weighted by Crippen LogP contribution is 2.28. The molecular formula is C17H16F3N7O2. The van der Waals surface area contributed by atoms with Crippen molar-refractivity contribution >= 4 is 28.7 Å². The molecule has 0 saturated heterocycles. The number of halogens is 3. The van der Waals surface area contributed by atoms with Gasteiger partial charge in [0.05, 0.1) is 17.9 Å². The molecule has 1 aliphatic rings. The Balaban J connectivity index is 1.74. The number of imidazole rings is 1. The Hall–Kier alpha value is -3.57. The van der Waals surface area contributed by atoms with E-state index in [1.807, 2.05) is 0 Å². The summed E-state index contributed by atoms with van der Waals surface area (Å²) >= 11 is 0. The monoisotopic (exact) mass is 410 g/mol. The molecule has 3 aromatic rings. The molecule has 3 aromatic heterocycles. The molecule has 12 heteroatoms. The Morgan fingerprint density at radius 2 is 2.24 bits per heavy atom. The molecule has 1 saturated carbocycles. The number of nitrogens with zero attached hydrogens (tertiary/aromatic N) is 4. The fourth-order valence-corrected chi connectivity index (χ4v) is 2.63. The third kappa shape index (κ3) is 3.86. The number of nitrogens with one attached hydrogen (secondary N) is 3. The van der Waals surface area contributed by atoms with E-state index in [0.29, 0.717) is 0 Å². The van der Waals surface area contributed by atoms with Crippen LogP contribution in [0.5, 0.6) is 5.88 Å². The van der Waals surface area contributed by atoms with Crippen molar-refractivity contribution < 1.29 is 26.8 Å². The molecule has 0 aromatic carbocycles. The molecule has 0 radical (unpaired) electrons. The van der Waals surface area contributed by atoms with E-state index >= 15 is 0 Å². The fraction of sp³-hybridized carbons (Fsp3) is 0.294. The van der Waals surface area contributed by atoms with Crippen LogP contribution in [0.3, 0.4) is 0 Å². The summed E-state index contributed by atoms with van der Waals surface area (Å²) in [6, 6.07) is 3.51. The summed E-state index contributed by atoms with van der Waals surface area (Å²) in [7, 11) is 0. The van der Waals surface area contributed by atoms with Crippen LogP contribution in [0.2, 0.25) is 0 Å². The number of anilines is 3. The molecule has 4 rings (SSSR count). The predicted octanol–water partition coefficient (Wildman–Crippen LogP) is 2.35. The molecule has 3 heterocycles. The van der Waals surface area contributed by atoms with Crippen LogP contribution in [0.4, 0.5) is 30.4 Å². The number of hydrogen-bond acceptors (Lipinski definition) is 7. The summed E-state index contributed by atoms with van der Waals surface area (Å²) in [4.78, 5) is 20.3. The van der Waals surface area contributed by atoms with Crippen molar-refractivity contribution in [3.05, 3.63) is 36.3 Å². The maximum atomic E-state index is 13.2. The van der Waals surface area contributed by atoms with Gasteiger partial charge in [-0.2, -0.15) is 8.78 Å². The van der Waals surface area contributed by atoms with Gasteiger partial charge in [-0.05, 0) is 12.1 Å². The van der Waals surface area contributed by atoms with Crippen molar-refractivity contribution in [1.29, 1.82) is 0 Å². The Morgan fingerprint density at radius 1 is 1.41 bits per heavy atom. The molecule has 0 bridgehead atoms. The van der Waals surface area contributed by atoms with E-state index in [0.717, 1.165) is 10.7 Å². The van der Waals surface area contributed by atoms with Crippen LogP contribution < -0.4 is 20.7 Å². The first kappa shape index (κ1) is 15.4. The Kier molecular flexibility index (Phi) is 3.95. The van der Waals surface area contributed by atoms with Crippen molar-refractivity contribution in [3.8, 4) is 5.88 Å². The van der Waals surface area contributed by atoms with Crippen LogP contribution in [-0.2, 0) is 0 Å². The number of rotatable bonds is 7. The number of fused-ring (bicyclic) bond motifs is 1. The third-order valence-electron chi connectivity index (χ3n) is 4.10. The summed E-state index contributed by atoms with van der Waals surface area (Å²) in [5.41, 5.74) is -0.0633. The predicted molar refractivity (Wildman–Crippen MR) is 97.5 cm³/mol. The molecule has 9 nitrogen and oxygen atoms in total. The lowest BCUT2D eigenvalue weighted by molar-refractivity contribution is -0.0523. The van der Waals surface area contributed by atoms with Gasteiger partial charge in [0.15, 0.2) is 17.2 Å². The van der Waals surface area contributed by atoms with E-state index in [-0.39, 0.29) is 35.0 Å². The second kappa shape index (κ2) is 7.45. The first-order valence-corrected chi connectivity index (χ1v) is 8.39. The number of carbonyl (C=O) groups excluding carboxylic acids is 1. The zero-order valence-electron chi connectivity index (χ0n) is 17.6. The van der Waals surface area contributed by atoms with Gasteiger partial charge >= 0.3 is 6.61 Å². The summed E-state index contributed by atoms with van der Waals surface area (Å²) in [6.45, 7) is -5.74. The van der Waals surface area contributed by atoms with Gasteiger partial charge in [-0.1, -0.05) is 0 Å². The minimum atomic E-state index is -3.13. The number of carbonyl (C=O) groups is 1. The molecule has 3 N–H and O–H groups in total. The maximum absolute atomic E-state index is 13.2. The maximum Gasteiger partial charge on any atom is 0.388 e. The SMILES string of the molecule is [2H]C([2H])([2H])Nc1cc(Nc2cccnc2OC(F)F)nn2c(C(=O)N[C@@H]3C[C@@H]3F)cnc12. The van der Waals surface area contributed by atoms with Gasteiger partial charge in [-0.3, -0.25) is 4.79 Å². The van der Waals surface area contributed by atoms with E-state index < -0.39 is 37.6 Å². The van der Waals surface area contributed by atoms with Crippen LogP contribution in [-0.4, -0.2) is 51.3 Å². The smallest absolute Gasteiger partial charge is 0.388 e. The summed E-state index contributed by atoms with van der Waals surface area (Å²) < 4.78 is 66.4. The van der Waals surface area contributed by atoms with E-state index in [1.165, 1.54) is 24.4 Å². The Labute approximate surface area is 166 Å². The van der Waals surface area contributed by atoms with Crippen LogP contribution in [0.1, 0.15) is 21.0 Å². The van der Waals surface area contributed by atoms with E-state index in [1.54, 1.807) is 0 Å². The largest absolute Gasteiger partial charge is 0.415 e. The number of aromatic nitrogens is 4. The quantitative estimate of drug-likeness (QED) is 0.549. The number of amides is 1. The highest BCUT2D eigenvalue weighted by molar-refractivity contribution is 5.94. The van der Waals surface area contributed by atoms with Gasteiger partial charge in [0.1, 0.15) is 11.9 Å². The summed E-state index contributed by atoms with van der Waals surface area (Å²) in [6.07, 6.45) is 1.48. The van der Waals surface area contributed by atoms with Crippen molar-refractivity contribution in [3.63, 3.8) is 0 Å². The molecule has 152 valence electrons. The van der Waals surface area contributed by atoms with Gasteiger partial charge in [0.2, 0.25) is 5.88 Å². The first-order chi connectivity index (χ1) is 15.1. The number of pyridine rings is 1. The topological polar surface area (TPSA) is 105 Å². The third-order valence-corrected chi connectivity index (χ3v) is 4.10. The molecule has 0 aliphatic heterocycles. The minimum absolute atomic E-state index is 0.0136. The standard InChI is InChI=1S/C17H16F3N7O2/c1-21-11-6-13(24-9-3-2-4-22-16(9)29-17(19)20)26-27-12(7-23-14(11)27)15(28)25-10-5-8(10)18/h2-4,6-8,10,17,21H,5H2,1H3,(H,24,26)(H,25,28)/t8-,10+/m0/s1/i1D3. The number of alkyl halides is 3. The van der Waals surface area contributed by atoms with Crippen molar-refractivity contribution in [2.75, 3.05) is 17.6 Å². The minimum Gasteiger partial charge on any atom is -0.415 e. The molecule has 1 fully saturated rings. The van der Waals surface area contributed by atoms with Crippen LogP contribution in [0, 0.1) is 0 Å². The average molecular weight is 410 g/mol. The van der Waals surface area contributed by atoms with Crippen LogP contribution in [0.25, 0.3) is 5.65 Å². The molecule has 2 atom stereocenters. The van der Waals surface area contributed by atoms with E-state index in [9.17, 15) is 18.0 Å². The highest BCUT2D eigenvalue weighted by atomic mass is 19.3. The second-order valence-electron chi connectivity index (χ2n) is 6.14. The second-order valence-corrected chi connectivity index (χ2v) is 6.14. The van der Waals surface area contributed by atoms with Crippen molar-refractivity contribution in [2.24, 2.45) is 0 Å². The van der Waals surface area contributed by atoms with E-state index in [2.05, 4.69) is 35.8 Å². The summed E-state index contributed by atoms with van der Waals surface area (Å²) in [5, 5.41) is 11.7. The first-order valence-electron chi connectivity index (χ1n) is 9.89. The van der Waals surface area contributed by atoms with Crippen molar-refractivity contribution in [1.82, 2.24) is 24.9 Å². The lowest BCUT2D eigenvalue weighted by Gasteiger charge is -2.13. The molecule has 1 aliphatic carbocycles. The zero-order chi connectivity index (χ0) is 23.0. The lowest BCUT2D eigenvalue weighted by atomic mass is 10.3. The average Bonchev–Trinajstić information content (AvgIpc) is 3.20. The van der Waals surface area contributed by atoms with Gasteiger partial charge in [-0.25, -0.2) is 18.9 Å². The van der Waals surface area contributed by atoms with Gasteiger partial charge in [0, 0.05) is 29.8 Å². The zero-order valence-corrected chi connectivity index (χ0v) is 14.6. The molecule has 0 unspecified atom stereocenters. The normalized spacial score (nSPS) is 19.9. The number of hydrogen-bond donors (Lipinski definition) is 3. The van der Waals surface area contributed by atoms with E-state index in [4.69, 9.17) is 4.11 Å². The summed E-state index contributed by atoms with van der Waals surface area (Å²) in [5.74, 6) is -1.10. The fourth-order valence-electron chi connectivity index (χ4n) is 2.63. The molecular weight excluding hydrogens is 391 g/mol. The number of ether oxygens (including phenoxy) is 1. The van der Waals surface area contributed by atoms with Gasteiger partial charge < -0.3 is 20.7 Å². The molecule has 0 spiro atoms. The molecule has 1 amide bonds.